The molecule has 0 aliphatic carbocycles. The van der Waals surface area contributed by atoms with Crippen LogP contribution in [0.5, 0.6) is 0 Å². The molecule has 2 atom stereocenters. The van der Waals surface area contributed by atoms with Gasteiger partial charge in [-0.05, 0) is 38.5 Å². The highest BCUT2D eigenvalue weighted by Crippen LogP contribution is 2.17. The molecule has 0 saturated heterocycles. The Morgan fingerprint density at radius 3 is 1.02 bits per heavy atom. The van der Waals surface area contributed by atoms with Gasteiger partial charge in [-0.1, -0.05) is 251 Å². The second kappa shape index (κ2) is 46.5. The highest BCUT2D eigenvalue weighted by Gasteiger charge is 2.20. The van der Waals surface area contributed by atoms with Crippen molar-refractivity contribution in [1.82, 2.24) is 5.32 Å². The molecule has 4 nitrogen and oxygen atoms in total. The van der Waals surface area contributed by atoms with E-state index in [1.54, 1.807) is 0 Å². The Morgan fingerprint density at radius 1 is 0.426 bits per heavy atom. The van der Waals surface area contributed by atoms with Gasteiger partial charge in [0.15, 0.2) is 0 Å². The van der Waals surface area contributed by atoms with Gasteiger partial charge in [-0.3, -0.25) is 4.79 Å². The van der Waals surface area contributed by atoms with E-state index in [1.807, 2.05) is 0 Å². The number of allylic oxidation sites excluding steroid dienone is 2. The number of aliphatic hydroxyl groups is 2. The maximum atomic E-state index is 12.4. The molecule has 322 valence electrons. The molecule has 0 bridgehead atoms. The van der Waals surface area contributed by atoms with Gasteiger partial charge < -0.3 is 15.5 Å². The van der Waals surface area contributed by atoms with E-state index in [2.05, 4.69) is 31.3 Å². The highest BCUT2D eigenvalue weighted by molar-refractivity contribution is 5.76. The van der Waals surface area contributed by atoms with Crippen molar-refractivity contribution < 1.29 is 15.0 Å². The fraction of sp³-hybridized carbons (Fsp3) is 0.940. The molecule has 0 fully saturated rings. The maximum Gasteiger partial charge on any atom is 0.220 e. The van der Waals surface area contributed by atoms with E-state index in [9.17, 15) is 15.0 Å². The van der Waals surface area contributed by atoms with E-state index < -0.39 is 12.1 Å². The normalized spacial score (nSPS) is 12.9. The van der Waals surface area contributed by atoms with E-state index in [4.69, 9.17) is 0 Å². The summed E-state index contributed by atoms with van der Waals surface area (Å²) in [4.78, 5) is 12.4. The van der Waals surface area contributed by atoms with Gasteiger partial charge >= 0.3 is 0 Å². The number of unbranched alkanes of at least 4 members (excludes halogenated alkanes) is 37. The van der Waals surface area contributed by atoms with Crippen LogP contribution in [0.1, 0.15) is 284 Å². The van der Waals surface area contributed by atoms with Crippen molar-refractivity contribution in [2.75, 3.05) is 6.61 Å². The van der Waals surface area contributed by atoms with Crippen molar-refractivity contribution in [1.29, 1.82) is 0 Å². The Morgan fingerprint density at radius 2 is 0.704 bits per heavy atom. The second-order valence-electron chi connectivity index (χ2n) is 17.2. The van der Waals surface area contributed by atoms with Gasteiger partial charge in [0.2, 0.25) is 5.91 Å². The van der Waals surface area contributed by atoms with Crippen LogP contribution in [0.2, 0.25) is 0 Å². The van der Waals surface area contributed by atoms with Crippen LogP contribution in [0.3, 0.4) is 0 Å². The number of carbonyl (C=O) groups is 1. The van der Waals surface area contributed by atoms with Gasteiger partial charge in [0.25, 0.3) is 0 Å². The zero-order chi connectivity index (χ0) is 39.3. The molecular formula is C50H99NO3. The van der Waals surface area contributed by atoms with Crippen molar-refractivity contribution in [3.05, 3.63) is 12.2 Å². The van der Waals surface area contributed by atoms with Crippen LogP contribution >= 0.6 is 0 Å². The summed E-state index contributed by atoms with van der Waals surface area (Å²) in [5, 5.41) is 23.3. The van der Waals surface area contributed by atoms with Crippen molar-refractivity contribution in [3.63, 3.8) is 0 Å². The quantitative estimate of drug-likeness (QED) is 0.0427. The lowest BCUT2D eigenvalue weighted by Gasteiger charge is -2.22. The van der Waals surface area contributed by atoms with Crippen LogP contribution in [0.15, 0.2) is 12.2 Å². The first-order chi connectivity index (χ1) is 26.7. The summed E-state index contributed by atoms with van der Waals surface area (Å²) in [7, 11) is 0. The first-order valence-corrected chi connectivity index (χ1v) is 24.9. The molecule has 0 aliphatic rings. The van der Waals surface area contributed by atoms with Crippen molar-refractivity contribution in [2.45, 2.75) is 296 Å². The smallest absolute Gasteiger partial charge is 0.220 e. The number of nitrogens with one attached hydrogen (secondary N) is 1. The third-order valence-corrected chi connectivity index (χ3v) is 11.8. The Balaban J connectivity index is 3.45. The van der Waals surface area contributed by atoms with Gasteiger partial charge in [0.05, 0.1) is 18.8 Å². The number of aliphatic hydroxyl groups excluding tert-OH is 2. The molecule has 4 heteroatoms. The summed E-state index contributed by atoms with van der Waals surface area (Å²) in [5.74, 6) is -0.0315. The van der Waals surface area contributed by atoms with Gasteiger partial charge in [-0.2, -0.15) is 0 Å². The van der Waals surface area contributed by atoms with E-state index in [-0.39, 0.29) is 12.5 Å². The van der Waals surface area contributed by atoms with Gasteiger partial charge in [-0.25, -0.2) is 0 Å². The second-order valence-corrected chi connectivity index (χ2v) is 17.2. The van der Waals surface area contributed by atoms with Gasteiger partial charge in [0.1, 0.15) is 0 Å². The molecule has 2 unspecified atom stereocenters. The predicted octanol–water partition coefficient (Wildman–Crippen LogP) is 15.8. The van der Waals surface area contributed by atoms with Gasteiger partial charge in [-0.15, -0.1) is 0 Å². The largest absolute Gasteiger partial charge is 0.394 e. The Bertz CT molecular complexity index is 739. The minimum atomic E-state index is -0.658. The maximum absolute atomic E-state index is 12.4. The first kappa shape index (κ1) is 53.1. The monoisotopic (exact) mass is 762 g/mol. The molecule has 0 aliphatic heterocycles. The molecule has 54 heavy (non-hydrogen) atoms. The highest BCUT2D eigenvalue weighted by atomic mass is 16.3. The van der Waals surface area contributed by atoms with Crippen LogP contribution in [0, 0.1) is 0 Å². The molecule has 0 aromatic heterocycles. The van der Waals surface area contributed by atoms with Crippen molar-refractivity contribution in [2.24, 2.45) is 0 Å². The van der Waals surface area contributed by atoms with Crippen LogP contribution in [0.4, 0.5) is 0 Å². The van der Waals surface area contributed by atoms with Crippen molar-refractivity contribution >= 4 is 5.91 Å². The lowest BCUT2D eigenvalue weighted by molar-refractivity contribution is -0.123. The molecule has 0 rings (SSSR count). The third kappa shape index (κ3) is 42.3. The molecular weight excluding hydrogens is 663 g/mol. The number of rotatable bonds is 46. The SMILES string of the molecule is CCCCCCCCC/C=C\CCCCCCCCCC(=O)NC(CO)C(O)CCCCCCCCCCCCCCCCCCCCCCCCCC. The van der Waals surface area contributed by atoms with Crippen LogP contribution in [-0.4, -0.2) is 34.9 Å². The van der Waals surface area contributed by atoms with Crippen LogP contribution in [0.25, 0.3) is 0 Å². The van der Waals surface area contributed by atoms with E-state index >= 15 is 0 Å². The zero-order valence-corrected chi connectivity index (χ0v) is 37.0. The minimum absolute atomic E-state index is 0.0315. The lowest BCUT2D eigenvalue weighted by Crippen LogP contribution is -2.45. The van der Waals surface area contributed by atoms with E-state index in [0.29, 0.717) is 12.8 Å². The van der Waals surface area contributed by atoms with Crippen LogP contribution in [-0.2, 0) is 4.79 Å². The molecule has 0 heterocycles. The molecule has 0 aromatic carbocycles. The summed E-state index contributed by atoms with van der Waals surface area (Å²) in [6.45, 7) is 4.38. The summed E-state index contributed by atoms with van der Waals surface area (Å²) in [6, 6.07) is -0.536. The van der Waals surface area contributed by atoms with E-state index in [1.165, 1.54) is 231 Å². The summed E-state index contributed by atoms with van der Waals surface area (Å²) in [6.07, 6.45) is 58.8. The van der Waals surface area contributed by atoms with Crippen LogP contribution < -0.4 is 5.32 Å². The molecule has 0 saturated carbocycles. The first-order valence-electron chi connectivity index (χ1n) is 24.9. The average Bonchev–Trinajstić information content (AvgIpc) is 3.18. The fourth-order valence-electron chi connectivity index (χ4n) is 7.95. The Hall–Kier alpha value is -0.870. The molecule has 0 radical (unpaired) electrons. The number of carbonyl (C=O) groups excluding carboxylic acids is 1. The van der Waals surface area contributed by atoms with Crippen molar-refractivity contribution in [3.8, 4) is 0 Å². The number of hydrogen-bond acceptors (Lipinski definition) is 3. The lowest BCUT2D eigenvalue weighted by atomic mass is 10.0. The topological polar surface area (TPSA) is 69.6 Å². The molecule has 0 aromatic rings. The Kier molecular flexibility index (Phi) is 45.8. The molecule has 1 amide bonds. The number of amides is 1. The average molecular weight is 762 g/mol. The molecule has 0 spiro atoms. The minimum Gasteiger partial charge on any atom is -0.394 e. The standard InChI is InChI=1S/C50H99NO3/c1-3-5-7-9-11-13-15-17-19-21-23-24-25-26-27-28-29-31-33-35-37-39-41-43-45-49(53)48(47-52)51-50(54)46-44-42-40-38-36-34-32-30-22-20-18-16-14-12-10-8-6-4-2/h20,22,48-49,52-53H,3-19,21,23-47H2,1-2H3,(H,51,54)/b22-20-. The van der Waals surface area contributed by atoms with Gasteiger partial charge in [0, 0.05) is 6.42 Å². The summed E-state index contributed by atoms with van der Waals surface area (Å²) >= 11 is 0. The summed E-state index contributed by atoms with van der Waals surface area (Å²) < 4.78 is 0. The van der Waals surface area contributed by atoms with E-state index in [0.717, 1.165) is 25.7 Å². The third-order valence-electron chi connectivity index (χ3n) is 11.8. The fourth-order valence-corrected chi connectivity index (χ4v) is 7.95. The number of hydrogen-bond donors (Lipinski definition) is 3. The predicted molar refractivity (Wildman–Crippen MR) is 239 cm³/mol. The molecule has 3 N–H and O–H groups in total. The Labute approximate surface area is 339 Å². The summed E-state index contributed by atoms with van der Waals surface area (Å²) in [5.41, 5.74) is 0. The zero-order valence-electron chi connectivity index (χ0n) is 37.0.